The molecule has 0 fully saturated rings. The number of hydrogen-bond donors (Lipinski definition) is 1. The van der Waals surface area contributed by atoms with Gasteiger partial charge in [-0.05, 0) is 18.1 Å². The van der Waals surface area contributed by atoms with E-state index in [2.05, 4.69) is 34.0 Å². The van der Waals surface area contributed by atoms with Crippen molar-refractivity contribution in [3.05, 3.63) is 58.0 Å². The second kappa shape index (κ2) is 5.43. The average molecular weight is 306 g/mol. The monoisotopic (exact) mass is 305 g/mol. The minimum atomic E-state index is 0.211. The van der Waals surface area contributed by atoms with Crippen LogP contribution in [0, 0.1) is 0 Å². The molecule has 0 radical (unpaired) electrons. The first kappa shape index (κ1) is 13.4. The number of halogens is 2. The smallest absolute Gasteiger partial charge is 0.179 e. The zero-order chi connectivity index (χ0) is 14.1. The first-order chi connectivity index (χ1) is 9.69. The number of H-pyrrole nitrogens is 1. The van der Waals surface area contributed by atoms with Crippen LogP contribution < -0.4 is 0 Å². The normalized spacial score (nSPS) is 12.8. The van der Waals surface area contributed by atoms with Gasteiger partial charge in [-0.1, -0.05) is 60.5 Å². The number of rotatable bonds is 3. The van der Waals surface area contributed by atoms with Crippen LogP contribution in [0.5, 0.6) is 0 Å². The number of nitrogens with zero attached hydrogens (tertiary/aromatic N) is 2. The number of aromatic nitrogens is 3. The third-order valence-electron chi connectivity index (χ3n) is 3.34. The summed E-state index contributed by atoms with van der Waals surface area (Å²) in [5, 5.41) is 0.715. The fourth-order valence-electron chi connectivity index (χ4n) is 2.35. The fraction of sp³-hybridized carbons (Fsp3) is 0.200. The molecule has 102 valence electrons. The molecule has 3 rings (SSSR count). The van der Waals surface area contributed by atoms with E-state index in [0.29, 0.717) is 10.7 Å². The maximum Gasteiger partial charge on any atom is 0.179 e. The van der Waals surface area contributed by atoms with Gasteiger partial charge in [0.1, 0.15) is 11.0 Å². The quantitative estimate of drug-likeness (QED) is 0.706. The molecule has 1 aromatic carbocycles. The SMILES string of the molecule is CCC(c1ccccc1)c1nc2nc(Cl)c(Cl)cc2[nH]1. The van der Waals surface area contributed by atoms with Crippen molar-refractivity contribution in [3.63, 3.8) is 0 Å². The molecule has 1 N–H and O–H groups in total. The second-order valence-electron chi connectivity index (χ2n) is 4.63. The predicted molar refractivity (Wildman–Crippen MR) is 82.5 cm³/mol. The van der Waals surface area contributed by atoms with Gasteiger partial charge in [-0.2, -0.15) is 0 Å². The van der Waals surface area contributed by atoms with Crippen LogP contribution in [0.25, 0.3) is 11.2 Å². The number of imidazole rings is 1. The van der Waals surface area contributed by atoms with Crippen molar-refractivity contribution in [3.8, 4) is 0 Å². The highest BCUT2D eigenvalue weighted by Crippen LogP contribution is 2.29. The minimum Gasteiger partial charge on any atom is -0.340 e. The summed E-state index contributed by atoms with van der Waals surface area (Å²) in [5.41, 5.74) is 2.64. The van der Waals surface area contributed by atoms with Crippen molar-refractivity contribution in [1.29, 1.82) is 0 Å². The van der Waals surface area contributed by atoms with Gasteiger partial charge in [0.05, 0.1) is 10.5 Å². The summed E-state index contributed by atoms with van der Waals surface area (Å²) in [6.07, 6.45) is 0.950. The number of pyridine rings is 1. The Labute approximate surface area is 127 Å². The van der Waals surface area contributed by atoms with E-state index < -0.39 is 0 Å². The Kier molecular flexibility index (Phi) is 3.64. The summed E-state index contributed by atoms with van der Waals surface area (Å²) >= 11 is 11.9. The second-order valence-corrected chi connectivity index (χ2v) is 5.39. The van der Waals surface area contributed by atoms with Crippen molar-refractivity contribution >= 4 is 34.4 Å². The van der Waals surface area contributed by atoms with Gasteiger partial charge in [-0.3, -0.25) is 0 Å². The molecule has 1 unspecified atom stereocenters. The molecule has 0 spiro atoms. The number of nitrogens with one attached hydrogen (secondary N) is 1. The van der Waals surface area contributed by atoms with E-state index in [1.807, 2.05) is 18.2 Å². The van der Waals surface area contributed by atoms with Crippen molar-refractivity contribution in [2.45, 2.75) is 19.3 Å². The van der Waals surface area contributed by atoms with Crippen molar-refractivity contribution in [2.24, 2.45) is 0 Å². The van der Waals surface area contributed by atoms with Gasteiger partial charge in [0.15, 0.2) is 5.65 Å². The lowest BCUT2D eigenvalue weighted by Gasteiger charge is -2.11. The summed E-state index contributed by atoms with van der Waals surface area (Å²) in [5.74, 6) is 1.10. The lowest BCUT2D eigenvalue weighted by Crippen LogP contribution is -2.01. The van der Waals surface area contributed by atoms with Crippen LogP contribution in [0.1, 0.15) is 30.7 Å². The van der Waals surface area contributed by atoms with Gasteiger partial charge in [-0.15, -0.1) is 0 Å². The standard InChI is InChI=1S/C15H13Cl2N3/c1-2-10(9-6-4-3-5-7-9)14-18-12-8-11(16)13(17)19-15(12)20-14/h3-8,10H,2H2,1H3,(H,18,19,20). The van der Waals surface area contributed by atoms with E-state index in [1.54, 1.807) is 6.07 Å². The van der Waals surface area contributed by atoms with Crippen LogP contribution >= 0.6 is 23.2 Å². The van der Waals surface area contributed by atoms with Crippen LogP contribution in [0.4, 0.5) is 0 Å². The molecule has 20 heavy (non-hydrogen) atoms. The van der Waals surface area contributed by atoms with Crippen LogP contribution in [-0.2, 0) is 0 Å². The van der Waals surface area contributed by atoms with Gasteiger partial charge >= 0.3 is 0 Å². The van der Waals surface area contributed by atoms with Crippen LogP contribution in [-0.4, -0.2) is 15.0 Å². The van der Waals surface area contributed by atoms with Crippen molar-refractivity contribution < 1.29 is 0 Å². The summed E-state index contributed by atoms with van der Waals surface area (Å²) in [6, 6.07) is 12.1. The Morgan fingerprint density at radius 1 is 1.15 bits per heavy atom. The number of benzene rings is 1. The van der Waals surface area contributed by atoms with Gasteiger partial charge in [-0.25, -0.2) is 9.97 Å². The van der Waals surface area contributed by atoms with Crippen LogP contribution in [0.15, 0.2) is 36.4 Å². The summed E-state index contributed by atoms with van der Waals surface area (Å²) in [7, 11) is 0. The zero-order valence-corrected chi connectivity index (χ0v) is 12.4. The lowest BCUT2D eigenvalue weighted by molar-refractivity contribution is 0.732. The van der Waals surface area contributed by atoms with Gasteiger partial charge in [0, 0.05) is 5.92 Å². The highest BCUT2D eigenvalue weighted by atomic mass is 35.5. The number of fused-ring (bicyclic) bond motifs is 1. The molecule has 3 aromatic rings. The molecule has 0 amide bonds. The molecule has 0 aliphatic carbocycles. The summed E-state index contributed by atoms with van der Waals surface area (Å²) in [4.78, 5) is 12.0. The molecule has 0 saturated heterocycles. The molecule has 2 aromatic heterocycles. The summed E-state index contributed by atoms with van der Waals surface area (Å²) in [6.45, 7) is 2.14. The first-order valence-corrected chi connectivity index (χ1v) is 7.21. The minimum absolute atomic E-state index is 0.211. The van der Waals surface area contributed by atoms with Gasteiger partial charge in [0.2, 0.25) is 0 Å². The van der Waals surface area contributed by atoms with Gasteiger partial charge < -0.3 is 4.98 Å². The van der Waals surface area contributed by atoms with E-state index in [-0.39, 0.29) is 11.1 Å². The Morgan fingerprint density at radius 3 is 2.60 bits per heavy atom. The van der Waals surface area contributed by atoms with Crippen LogP contribution in [0.2, 0.25) is 10.2 Å². The average Bonchev–Trinajstić information content (AvgIpc) is 2.84. The van der Waals surface area contributed by atoms with E-state index in [4.69, 9.17) is 23.2 Å². The maximum atomic E-state index is 5.99. The Hall–Kier alpha value is -1.58. The van der Waals surface area contributed by atoms with Crippen LogP contribution in [0.3, 0.4) is 0 Å². The fourth-order valence-corrected chi connectivity index (χ4v) is 2.64. The molecule has 1 atom stereocenters. The predicted octanol–water partition coefficient (Wildman–Crippen LogP) is 4.81. The van der Waals surface area contributed by atoms with Crippen molar-refractivity contribution in [2.75, 3.05) is 0 Å². The summed E-state index contributed by atoms with van der Waals surface area (Å²) < 4.78 is 0. The highest BCUT2D eigenvalue weighted by molar-refractivity contribution is 6.41. The molecule has 5 heteroatoms. The third-order valence-corrected chi connectivity index (χ3v) is 4.02. The largest absolute Gasteiger partial charge is 0.340 e. The highest BCUT2D eigenvalue weighted by Gasteiger charge is 2.17. The topological polar surface area (TPSA) is 41.6 Å². The molecular formula is C15H13Cl2N3. The molecule has 2 heterocycles. The third kappa shape index (κ3) is 2.39. The van der Waals surface area contributed by atoms with E-state index >= 15 is 0 Å². The molecule has 0 bridgehead atoms. The van der Waals surface area contributed by atoms with E-state index in [9.17, 15) is 0 Å². The lowest BCUT2D eigenvalue weighted by atomic mass is 9.96. The maximum absolute atomic E-state index is 5.99. The molecular weight excluding hydrogens is 293 g/mol. The molecule has 0 aliphatic rings. The molecule has 3 nitrogen and oxygen atoms in total. The van der Waals surface area contributed by atoms with Crippen molar-refractivity contribution in [1.82, 2.24) is 15.0 Å². The van der Waals surface area contributed by atoms with E-state index in [0.717, 1.165) is 17.8 Å². The first-order valence-electron chi connectivity index (χ1n) is 6.45. The molecule has 0 aliphatic heterocycles. The van der Waals surface area contributed by atoms with E-state index in [1.165, 1.54) is 5.56 Å². The number of aromatic amines is 1. The number of hydrogen-bond acceptors (Lipinski definition) is 2. The Bertz CT molecular complexity index is 698. The zero-order valence-electron chi connectivity index (χ0n) is 10.9. The van der Waals surface area contributed by atoms with Gasteiger partial charge in [0.25, 0.3) is 0 Å². The Morgan fingerprint density at radius 2 is 1.90 bits per heavy atom. The molecule has 0 saturated carbocycles. The Balaban J connectivity index is 2.09.